The maximum Gasteiger partial charge on any atom is 0.0664 e. The summed E-state index contributed by atoms with van der Waals surface area (Å²) in [6.45, 7) is 2.00. The minimum Gasteiger partial charge on any atom is -0.412 e. The van der Waals surface area contributed by atoms with Gasteiger partial charge >= 0.3 is 0 Å². The van der Waals surface area contributed by atoms with E-state index in [0.29, 0.717) is 0 Å². The molecule has 0 spiro atoms. The largest absolute Gasteiger partial charge is 0.412 e. The van der Waals surface area contributed by atoms with Crippen molar-refractivity contribution < 1.29 is 5.21 Å². The zero-order valence-corrected chi connectivity index (χ0v) is 7.96. The molecule has 4 nitrogen and oxygen atoms in total. The van der Waals surface area contributed by atoms with Crippen LogP contribution >= 0.6 is 0 Å². The Labute approximate surface area is 82.6 Å². The molecule has 14 heavy (non-hydrogen) atoms. The molecule has 0 unspecified atom stereocenters. The van der Waals surface area contributed by atoms with Gasteiger partial charge in [0.1, 0.15) is 0 Å². The van der Waals surface area contributed by atoms with Crippen molar-refractivity contribution in [2.45, 2.75) is 6.92 Å². The Hall–Kier alpha value is -1.97. The van der Waals surface area contributed by atoms with Crippen molar-refractivity contribution in [2.24, 2.45) is 0 Å². The quantitative estimate of drug-likeness (QED) is 0.492. The number of para-hydroxylation sites is 1. The Morgan fingerprint density at radius 1 is 1.29 bits per heavy atom. The maximum atomic E-state index is 8.28. The van der Waals surface area contributed by atoms with E-state index >= 15 is 0 Å². The third-order valence-corrected chi connectivity index (χ3v) is 1.68. The summed E-state index contributed by atoms with van der Waals surface area (Å²) in [5, 5.41) is 11.7. The highest BCUT2D eigenvalue weighted by Gasteiger charge is 1.84. The van der Waals surface area contributed by atoms with E-state index in [0.717, 1.165) is 16.1 Å². The monoisotopic (exact) mass is 191 g/mol. The predicted molar refractivity (Wildman–Crippen MR) is 55.0 cm³/mol. The summed E-state index contributed by atoms with van der Waals surface area (Å²) >= 11 is 0. The van der Waals surface area contributed by atoms with Gasteiger partial charge in [0.15, 0.2) is 0 Å². The molecule has 2 aromatic rings. The number of aryl methyl sites for hydroxylation is 1. The van der Waals surface area contributed by atoms with Crippen molar-refractivity contribution in [1.82, 2.24) is 9.94 Å². The molecule has 74 valence electrons. The lowest BCUT2D eigenvalue weighted by Gasteiger charge is -1.93. The molecule has 4 heteroatoms. The minimum absolute atomic E-state index is 0.750. The standard InChI is InChI=1S/C7H9N.C3H4N2O/c1-6-4-2-3-5-7(6)8;6-5-3-1-2-4-5/h2-5H,8H2,1H3;1-3,6H. The van der Waals surface area contributed by atoms with Crippen molar-refractivity contribution in [2.75, 3.05) is 5.73 Å². The molecule has 2 rings (SSSR count). The molecule has 0 radical (unpaired) electrons. The number of aromatic nitrogens is 2. The van der Waals surface area contributed by atoms with Gasteiger partial charge in [0.2, 0.25) is 0 Å². The summed E-state index contributed by atoms with van der Waals surface area (Å²) < 4.78 is 0. The van der Waals surface area contributed by atoms with E-state index in [1.165, 1.54) is 12.4 Å². The molecular formula is C10H13N3O. The number of hydrogen-bond acceptors (Lipinski definition) is 3. The van der Waals surface area contributed by atoms with Crippen LogP contribution in [0.3, 0.4) is 0 Å². The van der Waals surface area contributed by atoms with Crippen molar-refractivity contribution in [3.63, 3.8) is 0 Å². The molecule has 0 saturated heterocycles. The number of nitrogen functional groups attached to an aromatic ring is 1. The topological polar surface area (TPSA) is 64.1 Å². The number of nitrogens with zero attached hydrogens (tertiary/aromatic N) is 2. The summed E-state index contributed by atoms with van der Waals surface area (Å²) in [5.41, 5.74) is 7.53. The molecule has 0 saturated carbocycles. The van der Waals surface area contributed by atoms with Gasteiger partial charge in [-0.2, -0.15) is 0 Å². The van der Waals surface area contributed by atoms with Crippen LogP contribution in [0.15, 0.2) is 42.7 Å². The molecule has 0 aliphatic carbocycles. The highest BCUT2D eigenvalue weighted by atomic mass is 16.5. The van der Waals surface area contributed by atoms with Gasteiger partial charge in [0.25, 0.3) is 0 Å². The summed E-state index contributed by atoms with van der Waals surface area (Å²) in [6, 6.07) is 9.44. The van der Waals surface area contributed by atoms with E-state index in [9.17, 15) is 0 Å². The normalized spacial score (nSPS) is 8.93. The molecule has 0 amide bonds. The molecule has 0 atom stereocenters. The molecule has 0 bridgehead atoms. The first-order chi connectivity index (χ1) is 6.70. The SMILES string of the molecule is Cc1ccccc1N.On1cccn1. The number of hydrogen-bond donors (Lipinski definition) is 2. The molecule has 1 aromatic carbocycles. The van der Waals surface area contributed by atoms with Crippen LogP contribution in [0, 0.1) is 6.92 Å². The van der Waals surface area contributed by atoms with Gasteiger partial charge in [-0.15, -0.1) is 9.94 Å². The van der Waals surface area contributed by atoms with Crippen LogP contribution in [0.25, 0.3) is 0 Å². The molecule has 1 aromatic heterocycles. The molecular weight excluding hydrogens is 178 g/mol. The lowest BCUT2D eigenvalue weighted by atomic mass is 10.2. The van der Waals surface area contributed by atoms with Crippen LogP contribution in [-0.4, -0.2) is 15.2 Å². The Morgan fingerprint density at radius 2 is 2.00 bits per heavy atom. The van der Waals surface area contributed by atoms with Crippen LogP contribution in [0.4, 0.5) is 5.69 Å². The highest BCUT2D eigenvalue weighted by Crippen LogP contribution is 2.06. The second kappa shape index (κ2) is 4.91. The molecule has 0 aliphatic rings. The van der Waals surface area contributed by atoms with Crippen molar-refractivity contribution in [3.8, 4) is 0 Å². The molecule has 1 heterocycles. The molecule has 3 N–H and O–H groups in total. The van der Waals surface area contributed by atoms with E-state index in [1.807, 2.05) is 31.2 Å². The fraction of sp³-hybridized carbons (Fsp3) is 0.100. The van der Waals surface area contributed by atoms with Crippen molar-refractivity contribution in [1.29, 1.82) is 0 Å². The summed E-state index contributed by atoms with van der Waals surface area (Å²) in [6.07, 6.45) is 2.94. The number of nitrogens with two attached hydrogens (primary N) is 1. The lowest BCUT2D eigenvalue weighted by Crippen LogP contribution is -1.86. The molecule has 0 aliphatic heterocycles. The van der Waals surface area contributed by atoms with Gasteiger partial charge in [-0.25, -0.2) is 0 Å². The van der Waals surface area contributed by atoms with Gasteiger partial charge in [-0.3, -0.25) is 0 Å². The van der Waals surface area contributed by atoms with Crippen molar-refractivity contribution in [3.05, 3.63) is 48.3 Å². The Kier molecular flexibility index (Phi) is 3.55. The highest BCUT2D eigenvalue weighted by molar-refractivity contribution is 5.44. The van der Waals surface area contributed by atoms with E-state index in [-0.39, 0.29) is 0 Å². The number of anilines is 1. The van der Waals surface area contributed by atoms with Gasteiger partial charge in [-0.1, -0.05) is 18.2 Å². The first kappa shape index (κ1) is 10.1. The van der Waals surface area contributed by atoms with Crippen LogP contribution in [0.2, 0.25) is 0 Å². The van der Waals surface area contributed by atoms with Crippen LogP contribution in [0.1, 0.15) is 5.56 Å². The fourth-order valence-corrected chi connectivity index (χ4v) is 0.848. The summed E-state index contributed by atoms with van der Waals surface area (Å²) in [4.78, 5) is 0.750. The second-order valence-electron chi connectivity index (χ2n) is 2.78. The van der Waals surface area contributed by atoms with Gasteiger partial charge in [0, 0.05) is 5.69 Å². The van der Waals surface area contributed by atoms with E-state index in [2.05, 4.69) is 5.10 Å². The Balaban J connectivity index is 0.000000146. The summed E-state index contributed by atoms with van der Waals surface area (Å²) in [7, 11) is 0. The zero-order chi connectivity index (χ0) is 10.4. The smallest absolute Gasteiger partial charge is 0.0664 e. The predicted octanol–water partition coefficient (Wildman–Crippen LogP) is 1.70. The number of rotatable bonds is 0. The average molecular weight is 191 g/mol. The third-order valence-electron chi connectivity index (χ3n) is 1.68. The Morgan fingerprint density at radius 3 is 2.29 bits per heavy atom. The van der Waals surface area contributed by atoms with Crippen LogP contribution in [-0.2, 0) is 0 Å². The first-order valence-electron chi connectivity index (χ1n) is 4.20. The summed E-state index contributed by atoms with van der Waals surface area (Å²) in [5.74, 6) is 0. The first-order valence-corrected chi connectivity index (χ1v) is 4.20. The Bertz CT molecular complexity index is 350. The van der Waals surface area contributed by atoms with Crippen LogP contribution in [0.5, 0.6) is 0 Å². The van der Waals surface area contributed by atoms with E-state index in [1.54, 1.807) is 6.07 Å². The number of benzene rings is 1. The van der Waals surface area contributed by atoms with E-state index < -0.39 is 0 Å². The maximum absolute atomic E-state index is 8.28. The van der Waals surface area contributed by atoms with E-state index in [4.69, 9.17) is 10.9 Å². The fourth-order valence-electron chi connectivity index (χ4n) is 0.848. The minimum atomic E-state index is 0.750. The van der Waals surface area contributed by atoms with Crippen molar-refractivity contribution >= 4 is 5.69 Å². The zero-order valence-electron chi connectivity index (χ0n) is 7.96. The van der Waals surface area contributed by atoms with Crippen LogP contribution < -0.4 is 5.73 Å². The van der Waals surface area contributed by atoms with Gasteiger partial charge in [0.05, 0.1) is 12.4 Å². The third kappa shape index (κ3) is 3.18. The lowest BCUT2D eigenvalue weighted by molar-refractivity contribution is 0.149. The molecule has 0 fully saturated rings. The average Bonchev–Trinajstić information content (AvgIpc) is 2.63. The van der Waals surface area contributed by atoms with Gasteiger partial charge in [-0.05, 0) is 24.6 Å². The van der Waals surface area contributed by atoms with Gasteiger partial charge < -0.3 is 10.9 Å². The second-order valence-corrected chi connectivity index (χ2v) is 2.78.